The summed E-state index contributed by atoms with van der Waals surface area (Å²) in [6.07, 6.45) is 0. The van der Waals surface area contributed by atoms with E-state index in [4.69, 9.17) is 15.3 Å². The monoisotopic (exact) mass is 264 g/mol. The van der Waals surface area contributed by atoms with Gasteiger partial charge in [0.25, 0.3) is 0 Å². The lowest BCUT2D eigenvalue weighted by molar-refractivity contribution is -0.172. The topological polar surface area (TPSA) is 104 Å². The normalized spacial score (nSPS) is 11.3. The SMILES string of the molecule is CC(C)(C)C(=O)OC(=O)C(C)(C)CO.OCCO. The molecular weight excluding hydrogens is 240 g/mol. The van der Waals surface area contributed by atoms with Crippen LogP contribution in [0.5, 0.6) is 0 Å². The predicted octanol–water partition coefficient (Wildman–Crippen LogP) is 0.0918. The Hall–Kier alpha value is -0.980. The molecule has 3 N–H and O–H groups in total. The van der Waals surface area contributed by atoms with Crippen LogP contribution in [0.25, 0.3) is 0 Å². The first-order valence-corrected chi connectivity index (χ1v) is 5.62. The molecule has 0 aromatic heterocycles. The highest BCUT2D eigenvalue weighted by atomic mass is 16.6. The van der Waals surface area contributed by atoms with Crippen LogP contribution in [0.2, 0.25) is 0 Å². The summed E-state index contributed by atoms with van der Waals surface area (Å²) in [5.41, 5.74) is -1.73. The minimum atomic E-state index is -1.03. The van der Waals surface area contributed by atoms with Gasteiger partial charge in [0.15, 0.2) is 0 Å². The molecule has 0 bridgehead atoms. The van der Waals surface area contributed by atoms with Gasteiger partial charge in [0, 0.05) is 0 Å². The molecule has 0 saturated heterocycles. The Morgan fingerprint density at radius 1 is 0.889 bits per heavy atom. The van der Waals surface area contributed by atoms with Gasteiger partial charge in [-0.1, -0.05) is 0 Å². The molecule has 6 heteroatoms. The van der Waals surface area contributed by atoms with Crippen LogP contribution in [-0.2, 0) is 14.3 Å². The smallest absolute Gasteiger partial charge is 0.321 e. The zero-order valence-corrected chi connectivity index (χ0v) is 11.7. The van der Waals surface area contributed by atoms with Crippen molar-refractivity contribution in [3.8, 4) is 0 Å². The van der Waals surface area contributed by atoms with Crippen LogP contribution in [0.15, 0.2) is 0 Å². The van der Waals surface area contributed by atoms with Crippen molar-refractivity contribution in [2.45, 2.75) is 34.6 Å². The third-order valence-electron chi connectivity index (χ3n) is 1.85. The third-order valence-corrected chi connectivity index (χ3v) is 1.85. The maximum absolute atomic E-state index is 11.3. The number of ether oxygens (including phenoxy) is 1. The molecule has 0 atom stereocenters. The zero-order valence-electron chi connectivity index (χ0n) is 11.7. The second kappa shape index (κ2) is 8.18. The van der Waals surface area contributed by atoms with Gasteiger partial charge in [0.05, 0.1) is 30.7 Å². The second-order valence-corrected chi connectivity index (χ2v) is 5.42. The molecule has 0 heterocycles. The van der Waals surface area contributed by atoms with E-state index in [0.717, 1.165) is 0 Å². The first kappa shape index (κ1) is 19.4. The molecule has 0 fully saturated rings. The van der Waals surface area contributed by atoms with E-state index < -0.39 is 22.8 Å². The molecule has 0 aromatic rings. The number of aliphatic hydroxyl groups excluding tert-OH is 3. The highest BCUT2D eigenvalue weighted by Gasteiger charge is 2.34. The van der Waals surface area contributed by atoms with Gasteiger partial charge in [0.1, 0.15) is 0 Å². The average Bonchev–Trinajstić information content (AvgIpc) is 2.27. The number of carbonyl (C=O) groups is 2. The van der Waals surface area contributed by atoms with E-state index in [1.807, 2.05) is 0 Å². The van der Waals surface area contributed by atoms with Crippen LogP contribution in [0.3, 0.4) is 0 Å². The van der Waals surface area contributed by atoms with Gasteiger partial charge < -0.3 is 20.1 Å². The Morgan fingerprint density at radius 3 is 1.50 bits per heavy atom. The van der Waals surface area contributed by atoms with Crippen LogP contribution in [0.1, 0.15) is 34.6 Å². The summed E-state index contributed by atoms with van der Waals surface area (Å²) in [5, 5.41) is 24.1. The molecule has 0 amide bonds. The Kier molecular flexibility index (Phi) is 8.80. The Labute approximate surface area is 108 Å². The molecule has 0 aromatic carbocycles. The maximum Gasteiger partial charge on any atom is 0.321 e. The van der Waals surface area contributed by atoms with Gasteiger partial charge >= 0.3 is 11.9 Å². The van der Waals surface area contributed by atoms with Gasteiger partial charge in [-0.25, -0.2) is 0 Å². The molecule has 6 nitrogen and oxygen atoms in total. The van der Waals surface area contributed by atoms with Crippen LogP contribution in [0.4, 0.5) is 0 Å². The average molecular weight is 264 g/mol. The lowest BCUT2D eigenvalue weighted by atomic mass is 9.94. The Morgan fingerprint density at radius 2 is 1.28 bits per heavy atom. The summed E-state index contributed by atoms with van der Waals surface area (Å²) in [6, 6.07) is 0. The lowest BCUT2D eigenvalue weighted by Crippen LogP contribution is -2.35. The second-order valence-electron chi connectivity index (χ2n) is 5.42. The first-order chi connectivity index (χ1) is 8.02. The zero-order chi connectivity index (χ0) is 15.0. The largest absolute Gasteiger partial charge is 0.395 e. The summed E-state index contributed by atoms with van der Waals surface area (Å²) in [6.45, 7) is 7.43. The lowest BCUT2D eigenvalue weighted by Gasteiger charge is -2.22. The summed E-state index contributed by atoms with van der Waals surface area (Å²) in [5.74, 6) is -1.27. The molecule has 0 aliphatic carbocycles. The van der Waals surface area contributed by atoms with E-state index >= 15 is 0 Å². The van der Waals surface area contributed by atoms with Crippen LogP contribution in [0, 0.1) is 10.8 Å². The number of rotatable bonds is 3. The molecule has 0 aliphatic rings. The highest BCUT2D eigenvalue weighted by Crippen LogP contribution is 2.20. The number of aliphatic hydroxyl groups is 3. The quantitative estimate of drug-likeness (QED) is 0.493. The molecule has 0 spiro atoms. The van der Waals surface area contributed by atoms with Gasteiger partial charge in [0.2, 0.25) is 0 Å². The van der Waals surface area contributed by atoms with Crippen LogP contribution >= 0.6 is 0 Å². The minimum absolute atomic E-state index is 0.125. The summed E-state index contributed by atoms with van der Waals surface area (Å²) >= 11 is 0. The predicted molar refractivity (Wildman–Crippen MR) is 65.6 cm³/mol. The van der Waals surface area contributed by atoms with E-state index in [1.54, 1.807) is 20.8 Å². The fraction of sp³-hybridized carbons (Fsp3) is 0.833. The molecule has 0 saturated carbocycles. The van der Waals surface area contributed by atoms with Crippen molar-refractivity contribution in [2.24, 2.45) is 10.8 Å². The van der Waals surface area contributed by atoms with Gasteiger partial charge in [-0.05, 0) is 34.6 Å². The molecule has 108 valence electrons. The van der Waals surface area contributed by atoms with Crippen molar-refractivity contribution in [1.82, 2.24) is 0 Å². The first-order valence-electron chi connectivity index (χ1n) is 5.62. The van der Waals surface area contributed by atoms with E-state index in [9.17, 15) is 9.59 Å². The van der Waals surface area contributed by atoms with Crippen molar-refractivity contribution in [3.63, 3.8) is 0 Å². The molecule has 0 unspecified atom stereocenters. The highest BCUT2D eigenvalue weighted by molar-refractivity contribution is 5.90. The standard InChI is InChI=1S/C10H18O4.C2H6O2/c1-9(2,3)7(12)14-8(13)10(4,5)6-11;3-1-2-4/h11H,6H2,1-5H3;3-4H,1-2H2. The van der Waals surface area contributed by atoms with Gasteiger partial charge in [-0.2, -0.15) is 0 Å². The van der Waals surface area contributed by atoms with Crippen LogP contribution < -0.4 is 0 Å². The minimum Gasteiger partial charge on any atom is -0.395 e. The van der Waals surface area contributed by atoms with Crippen molar-refractivity contribution in [3.05, 3.63) is 0 Å². The number of carbonyl (C=O) groups excluding carboxylic acids is 2. The van der Waals surface area contributed by atoms with Gasteiger partial charge in [-0.15, -0.1) is 0 Å². The van der Waals surface area contributed by atoms with E-state index in [0.29, 0.717) is 0 Å². The number of hydrogen-bond acceptors (Lipinski definition) is 6. The van der Waals surface area contributed by atoms with Crippen molar-refractivity contribution in [1.29, 1.82) is 0 Å². The number of esters is 2. The summed E-state index contributed by atoms with van der Waals surface area (Å²) < 4.78 is 4.63. The molecule has 0 aliphatic heterocycles. The Balaban J connectivity index is 0. The Bertz CT molecular complexity index is 262. The molecule has 18 heavy (non-hydrogen) atoms. The van der Waals surface area contributed by atoms with Gasteiger partial charge in [-0.3, -0.25) is 9.59 Å². The summed E-state index contributed by atoms with van der Waals surface area (Å²) in [7, 11) is 0. The van der Waals surface area contributed by atoms with Crippen molar-refractivity contribution < 1.29 is 29.6 Å². The van der Waals surface area contributed by atoms with Crippen molar-refractivity contribution in [2.75, 3.05) is 19.8 Å². The van der Waals surface area contributed by atoms with E-state index in [1.165, 1.54) is 13.8 Å². The molecular formula is C12H24O6. The third kappa shape index (κ3) is 8.16. The maximum atomic E-state index is 11.3. The van der Waals surface area contributed by atoms with Crippen LogP contribution in [-0.4, -0.2) is 47.1 Å². The summed E-state index contributed by atoms with van der Waals surface area (Å²) in [4.78, 5) is 22.7. The van der Waals surface area contributed by atoms with E-state index in [-0.39, 0.29) is 19.8 Å². The van der Waals surface area contributed by atoms with E-state index in [2.05, 4.69) is 4.74 Å². The molecule has 0 radical (unpaired) electrons. The van der Waals surface area contributed by atoms with Crippen molar-refractivity contribution >= 4 is 11.9 Å². The fourth-order valence-electron chi connectivity index (χ4n) is 0.440. The fourth-order valence-corrected chi connectivity index (χ4v) is 0.440. The number of hydrogen-bond donors (Lipinski definition) is 3. The molecule has 0 rings (SSSR count).